The summed E-state index contributed by atoms with van der Waals surface area (Å²) < 4.78 is 5.52. The summed E-state index contributed by atoms with van der Waals surface area (Å²) in [4.78, 5) is 15.7. The minimum absolute atomic E-state index is 0.305. The maximum atomic E-state index is 11.6. The van der Waals surface area contributed by atoms with Gasteiger partial charge in [-0.15, -0.1) is 0 Å². The maximum Gasteiger partial charge on any atom is 0.332 e. The number of hydrogen-bond donors (Lipinski definition) is 1. The highest BCUT2D eigenvalue weighted by atomic mass is 79.9. The molecule has 1 aromatic rings. The summed E-state index contributed by atoms with van der Waals surface area (Å²) in [5, 5.41) is 0. The van der Waals surface area contributed by atoms with Crippen LogP contribution in [0.5, 0.6) is 0 Å². The Labute approximate surface area is 97.0 Å². The zero-order chi connectivity index (χ0) is 11.5. The molecule has 0 aliphatic carbocycles. The summed E-state index contributed by atoms with van der Waals surface area (Å²) in [5.74, 6) is -0.476. The molecule has 5 heteroatoms. The van der Waals surface area contributed by atoms with E-state index >= 15 is 0 Å². The van der Waals surface area contributed by atoms with Gasteiger partial charge in [0.2, 0.25) is 0 Å². The van der Waals surface area contributed by atoms with Crippen molar-refractivity contribution in [1.29, 1.82) is 0 Å². The highest BCUT2D eigenvalue weighted by Crippen LogP contribution is 2.19. The second kappa shape index (κ2) is 4.72. The van der Waals surface area contributed by atoms with Gasteiger partial charge in [0.05, 0.1) is 12.3 Å². The average molecular weight is 273 g/mol. The number of rotatable bonds is 3. The van der Waals surface area contributed by atoms with Crippen molar-refractivity contribution in [3.63, 3.8) is 0 Å². The average Bonchev–Trinajstić information content (AvgIpc) is 2.18. The molecule has 15 heavy (non-hydrogen) atoms. The summed E-state index contributed by atoms with van der Waals surface area (Å²) in [6, 6.07) is 5.24. The first-order chi connectivity index (χ1) is 6.98. The third-order valence-electron chi connectivity index (χ3n) is 1.95. The van der Waals surface area contributed by atoms with E-state index in [1.165, 1.54) is 0 Å². The van der Waals surface area contributed by atoms with Crippen LogP contribution in [0.2, 0.25) is 0 Å². The number of halogens is 1. The number of esters is 1. The molecule has 0 aliphatic rings. The number of pyridine rings is 1. The molecule has 0 fully saturated rings. The van der Waals surface area contributed by atoms with Gasteiger partial charge < -0.3 is 10.5 Å². The Hall–Kier alpha value is -0.940. The lowest BCUT2D eigenvalue weighted by molar-refractivity contribution is -0.149. The molecule has 0 amide bonds. The molecule has 0 aliphatic heterocycles. The fourth-order valence-corrected chi connectivity index (χ4v) is 1.43. The molecule has 4 nitrogen and oxygen atoms in total. The molecule has 1 aromatic heterocycles. The quantitative estimate of drug-likeness (QED) is 0.670. The van der Waals surface area contributed by atoms with Crippen molar-refractivity contribution in [3.8, 4) is 0 Å². The largest absolute Gasteiger partial charge is 0.464 e. The van der Waals surface area contributed by atoms with Crippen LogP contribution in [0, 0.1) is 0 Å². The third-order valence-corrected chi connectivity index (χ3v) is 2.39. The maximum absolute atomic E-state index is 11.6. The lowest BCUT2D eigenvalue weighted by atomic mass is 9.99. The van der Waals surface area contributed by atoms with E-state index in [-0.39, 0.29) is 0 Å². The van der Waals surface area contributed by atoms with Crippen LogP contribution in [0.15, 0.2) is 22.8 Å². The Morgan fingerprint density at radius 1 is 1.67 bits per heavy atom. The Kier molecular flexibility index (Phi) is 3.82. The zero-order valence-corrected chi connectivity index (χ0v) is 10.2. The van der Waals surface area contributed by atoms with E-state index < -0.39 is 11.5 Å². The summed E-state index contributed by atoms with van der Waals surface area (Å²) >= 11 is 3.22. The van der Waals surface area contributed by atoms with E-state index in [0.717, 1.165) is 0 Å². The van der Waals surface area contributed by atoms with Crippen LogP contribution >= 0.6 is 15.9 Å². The molecule has 2 N–H and O–H groups in total. The van der Waals surface area contributed by atoms with Crippen LogP contribution in [-0.2, 0) is 15.1 Å². The van der Waals surface area contributed by atoms with E-state index in [1.807, 2.05) is 0 Å². The van der Waals surface area contributed by atoms with Crippen LogP contribution in [0.3, 0.4) is 0 Å². The van der Waals surface area contributed by atoms with Gasteiger partial charge in [0.25, 0.3) is 0 Å². The molecule has 0 spiro atoms. The Morgan fingerprint density at radius 3 is 2.87 bits per heavy atom. The van der Waals surface area contributed by atoms with Crippen LogP contribution in [-0.4, -0.2) is 17.6 Å². The number of aromatic nitrogens is 1. The number of nitrogens with zero attached hydrogens (tertiary/aromatic N) is 1. The second-order valence-corrected chi connectivity index (χ2v) is 4.08. The zero-order valence-electron chi connectivity index (χ0n) is 8.66. The summed E-state index contributed by atoms with van der Waals surface area (Å²) in [7, 11) is 0. The second-order valence-electron chi connectivity index (χ2n) is 3.27. The standard InChI is InChI=1S/C10H13BrN2O2/c1-3-15-9(14)10(2,12)7-5-4-6-8(11)13-7/h4-6H,3,12H2,1-2H3. The molecule has 0 saturated heterocycles. The summed E-state index contributed by atoms with van der Waals surface area (Å²) in [6.45, 7) is 3.63. The molecule has 1 rings (SSSR count). The third kappa shape index (κ3) is 2.76. The smallest absolute Gasteiger partial charge is 0.332 e. The highest BCUT2D eigenvalue weighted by molar-refractivity contribution is 9.10. The number of ether oxygens (including phenoxy) is 1. The predicted molar refractivity (Wildman–Crippen MR) is 60.1 cm³/mol. The van der Waals surface area contributed by atoms with Crippen molar-refractivity contribution in [1.82, 2.24) is 4.98 Å². The number of carbonyl (C=O) groups is 1. The van der Waals surface area contributed by atoms with Gasteiger partial charge in [0.15, 0.2) is 5.54 Å². The van der Waals surface area contributed by atoms with E-state index in [1.54, 1.807) is 32.0 Å². The number of nitrogens with two attached hydrogens (primary N) is 1. The van der Waals surface area contributed by atoms with Crippen molar-refractivity contribution < 1.29 is 9.53 Å². The molecular formula is C10H13BrN2O2. The van der Waals surface area contributed by atoms with Crippen molar-refractivity contribution in [2.75, 3.05) is 6.61 Å². The summed E-state index contributed by atoms with van der Waals surface area (Å²) in [5.41, 5.74) is 5.15. The van der Waals surface area contributed by atoms with Gasteiger partial charge >= 0.3 is 5.97 Å². The Bertz CT molecular complexity index is 366. The Balaban J connectivity index is 2.99. The Morgan fingerprint density at radius 2 is 2.33 bits per heavy atom. The molecular weight excluding hydrogens is 260 g/mol. The van der Waals surface area contributed by atoms with Gasteiger partial charge in [-0.1, -0.05) is 6.07 Å². The van der Waals surface area contributed by atoms with Gasteiger partial charge in [0, 0.05) is 0 Å². The minimum atomic E-state index is -1.21. The van der Waals surface area contributed by atoms with E-state index in [0.29, 0.717) is 16.9 Å². The molecule has 82 valence electrons. The fraction of sp³-hybridized carbons (Fsp3) is 0.400. The van der Waals surface area contributed by atoms with Crippen molar-refractivity contribution >= 4 is 21.9 Å². The lowest BCUT2D eigenvalue weighted by Crippen LogP contribution is -2.43. The predicted octanol–water partition coefficient (Wildman–Crippen LogP) is 1.58. The van der Waals surface area contributed by atoms with Crippen LogP contribution < -0.4 is 5.73 Å². The number of carbonyl (C=O) groups excluding carboxylic acids is 1. The fourth-order valence-electron chi connectivity index (χ4n) is 1.08. The van der Waals surface area contributed by atoms with Crippen LogP contribution in [0.1, 0.15) is 19.5 Å². The first kappa shape index (κ1) is 12.1. The number of hydrogen-bond acceptors (Lipinski definition) is 4. The molecule has 0 bridgehead atoms. The molecule has 0 saturated carbocycles. The monoisotopic (exact) mass is 272 g/mol. The van der Waals surface area contributed by atoms with Crippen molar-refractivity contribution in [3.05, 3.63) is 28.5 Å². The van der Waals surface area contributed by atoms with Gasteiger partial charge in [-0.2, -0.15) is 0 Å². The van der Waals surface area contributed by atoms with E-state index in [4.69, 9.17) is 10.5 Å². The molecule has 1 atom stereocenters. The first-order valence-corrected chi connectivity index (χ1v) is 5.37. The topological polar surface area (TPSA) is 65.2 Å². The van der Waals surface area contributed by atoms with Crippen LogP contribution in [0.4, 0.5) is 0 Å². The molecule has 0 radical (unpaired) electrons. The van der Waals surface area contributed by atoms with Gasteiger partial charge in [-0.05, 0) is 41.9 Å². The minimum Gasteiger partial charge on any atom is -0.464 e. The molecule has 0 aromatic carbocycles. The SMILES string of the molecule is CCOC(=O)C(C)(N)c1cccc(Br)n1. The molecule has 1 heterocycles. The summed E-state index contributed by atoms with van der Waals surface area (Å²) in [6.07, 6.45) is 0. The van der Waals surface area contributed by atoms with E-state index in [2.05, 4.69) is 20.9 Å². The van der Waals surface area contributed by atoms with Gasteiger partial charge in [-0.25, -0.2) is 9.78 Å². The van der Waals surface area contributed by atoms with Crippen LogP contribution in [0.25, 0.3) is 0 Å². The van der Waals surface area contributed by atoms with Crippen molar-refractivity contribution in [2.24, 2.45) is 5.73 Å². The first-order valence-electron chi connectivity index (χ1n) is 4.57. The van der Waals surface area contributed by atoms with Gasteiger partial charge in [-0.3, -0.25) is 0 Å². The lowest BCUT2D eigenvalue weighted by Gasteiger charge is -2.21. The normalized spacial score (nSPS) is 14.4. The molecule has 1 unspecified atom stereocenters. The van der Waals surface area contributed by atoms with E-state index in [9.17, 15) is 4.79 Å². The van der Waals surface area contributed by atoms with Gasteiger partial charge in [0.1, 0.15) is 4.60 Å². The highest BCUT2D eigenvalue weighted by Gasteiger charge is 2.33. The van der Waals surface area contributed by atoms with Crippen molar-refractivity contribution in [2.45, 2.75) is 19.4 Å².